The normalized spacial score (nSPS) is 32.8. The van der Waals surface area contributed by atoms with Gasteiger partial charge in [0.15, 0.2) is 0 Å². The van der Waals surface area contributed by atoms with Crippen LogP contribution in [0.3, 0.4) is 0 Å². The van der Waals surface area contributed by atoms with E-state index in [2.05, 4.69) is 6.92 Å². The lowest BCUT2D eigenvalue weighted by molar-refractivity contribution is -0.144. The first-order chi connectivity index (χ1) is 9.07. The summed E-state index contributed by atoms with van der Waals surface area (Å²) in [6.45, 7) is 3.49. The summed E-state index contributed by atoms with van der Waals surface area (Å²) >= 11 is 0. The molecule has 0 aromatic rings. The lowest BCUT2D eigenvalue weighted by Gasteiger charge is -2.47. The molecule has 3 atom stereocenters. The fourth-order valence-electron chi connectivity index (χ4n) is 3.55. The predicted octanol–water partition coefficient (Wildman–Crippen LogP) is 1.66. The summed E-state index contributed by atoms with van der Waals surface area (Å²) in [7, 11) is 0. The molecule has 110 valence electrons. The van der Waals surface area contributed by atoms with E-state index in [0.717, 1.165) is 44.9 Å². The van der Waals surface area contributed by atoms with Gasteiger partial charge < -0.3 is 15.7 Å². The van der Waals surface area contributed by atoms with Crippen LogP contribution in [-0.2, 0) is 4.79 Å². The van der Waals surface area contributed by atoms with Gasteiger partial charge >= 0.3 is 0 Å². The number of carbonyl (C=O) groups is 1. The van der Waals surface area contributed by atoms with Gasteiger partial charge in [-0.2, -0.15) is 0 Å². The third-order valence-corrected chi connectivity index (χ3v) is 4.93. The monoisotopic (exact) mass is 268 g/mol. The number of unbranched alkanes of at least 4 members (excludes halogenated alkanes) is 1. The number of carbonyl (C=O) groups excluding carboxylic acids is 1. The van der Waals surface area contributed by atoms with Crippen LogP contribution < -0.4 is 5.73 Å². The number of amides is 1. The van der Waals surface area contributed by atoms with Gasteiger partial charge in [-0.3, -0.25) is 4.79 Å². The Labute approximate surface area is 116 Å². The summed E-state index contributed by atoms with van der Waals surface area (Å²) in [4.78, 5) is 14.2. The Bertz CT molecular complexity index is 321. The fraction of sp³-hybridized carbons (Fsp3) is 0.933. The molecule has 1 saturated heterocycles. The molecule has 0 aromatic heterocycles. The summed E-state index contributed by atoms with van der Waals surface area (Å²) in [5.41, 5.74) is 5.47. The van der Waals surface area contributed by atoms with E-state index in [0.29, 0.717) is 13.1 Å². The number of nitrogens with two attached hydrogens (primary N) is 1. The molecule has 1 aliphatic carbocycles. The molecule has 2 aliphatic rings. The van der Waals surface area contributed by atoms with Crippen LogP contribution in [0.2, 0.25) is 0 Å². The minimum atomic E-state index is -0.511. The van der Waals surface area contributed by atoms with Crippen LogP contribution in [0.5, 0.6) is 0 Å². The van der Waals surface area contributed by atoms with E-state index >= 15 is 0 Å². The van der Waals surface area contributed by atoms with Crippen molar-refractivity contribution in [1.82, 2.24) is 4.90 Å². The molecule has 3 N–H and O–H groups in total. The SMILES string of the molecule is CCCCC(N)C(=O)N1CCC2(O)CCCCC2C1. The van der Waals surface area contributed by atoms with Crippen molar-refractivity contribution >= 4 is 5.91 Å². The van der Waals surface area contributed by atoms with E-state index in [-0.39, 0.29) is 17.9 Å². The Kier molecular flexibility index (Phi) is 4.85. The van der Waals surface area contributed by atoms with E-state index in [4.69, 9.17) is 5.73 Å². The average Bonchev–Trinajstić information content (AvgIpc) is 2.42. The van der Waals surface area contributed by atoms with Crippen molar-refractivity contribution in [2.24, 2.45) is 11.7 Å². The van der Waals surface area contributed by atoms with Gasteiger partial charge in [0.1, 0.15) is 0 Å². The van der Waals surface area contributed by atoms with Crippen molar-refractivity contribution in [2.75, 3.05) is 13.1 Å². The zero-order chi connectivity index (χ0) is 13.9. The Balaban J connectivity index is 1.91. The molecule has 0 aromatic carbocycles. The number of piperidine rings is 1. The molecule has 1 aliphatic heterocycles. The molecule has 0 bridgehead atoms. The topological polar surface area (TPSA) is 66.6 Å². The van der Waals surface area contributed by atoms with Crippen molar-refractivity contribution < 1.29 is 9.90 Å². The smallest absolute Gasteiger partial charge is 0.239 e. The Morgan fingerprint density at radius 2 is 2.26 bits per heavy atom. The van der Waals surface area contributed by atoms with Gasteiger partial charge in [0.05, 0.1) is 11.6 Å². The molecule has 4 nitrogen and oxygen atoms in total. The second kappa shape index (κ2) is 6.23. The third kappa shape index (κ3) is 3.29. The van der Waals surface area contributed by atoms with Crippen molar-refractivity contribution in [3.05, 3.63) is 0 Å². The molecule has 0 spiro atoms. The average molecular weight is 268 g/mol. The quantitative estimate of drug-likeness (QED) is 0.815. The van der Waals surface area contributed by atoms with Gasteiger partial charge in [-0.15, -0.1) is 0 Å². The first-order valence-corrected chi connectivity index (χ1v) is 7.83. The van der Waals surface area contributed by atoms with E-state index in [9.17, 15) is 9.90 Å². The standard InChI is InChI=1S/C15H28N2O2/c1-2-3-7-13(16)14(18)17-10-9-15(19)8-5-4-6-12(15)11-17/h12-13,19H,2-11,16H2,1H3. The van der Waals surface area contributed by atoms with Gasteiger partial charge in [-0.05, 0) is 25.7 Å². The Morgan fingerprint density at radius 1 is 1.47 bits per heavy atom. The van der Waals surface area contributed by atoms with Crippen molar-refractivity contribution in [3.63, 3.8) is 0 Å². The van der Waals surface area contributed by atoms with Crippen LogP contribution in [0.25, 0.3) is 0 Å². The molecule has 0 radical (unpaired) electrons. The van der Waals surface area contributed by atoms with Crippen LogP contribution in [-0.4, -0.2) is 40.6 Å². The minimum Gasteiger partial charge on any atom is -0.389 e. The molecule has 1 amide bonds. The molecule has 1 heterocycles. The van der Waals surface area contributed by atoms with Crippen LogP contribution in [0.1, 0.15) is 58.3 Å². The second-order valence-corrected chi connectivity index (χ2v) is 6.33. The zero-order valence-corrected chi connectivity index (χ0v) is 12.1. The van der Waals surface area contributed by atoms with E-state index < -0.39 is 5.60 Å². The highest BCUT2D eigenvalue weighted by Gasteiger charge is 2.44. The molecule has 19 heavy (non-hydrogen) atoms. The summed E-state index contributed by atoms with van der Waals surface area (Å²) < 4.78 is 0. The first kappa shape index (κ1) is 14.8. The third-order valence-electron chi connectivity index (χ3n) is 4.93. The summed E-state index contributed by atoms with van der Waals surface area (Å²) in [6, 6.07) is -0.352. The van der Waals surface area contributed by atoms with Gasteiger partial charge in [-0.1, -0.05) is 32.6 Å². The first-order valence-electron chi connectivity index (χ1n) is 7.83. The fourth-order valence-corrected chi connectivity index (χ4v) is 3.55. The number of fused-ring (bicyclic) bond motifs is 1. The van der Waals surface area contributed by atoms with Crippen LogP contribution in [0.15, 0.2) is 0 Å². The molecule has 4 heteroatoms. The predicted molar refractivity (Wildman–Crippen MR) is 75.6 cm³/mol. The maximum absolute atomic E-state index is 12.3. The Morgan fingerprint density at radius 3 is 3.00 bits per heavy atom. The molecule has 3 unspecified atom stereocenters. The van der Waals surface area contributed by atoms with Crippen LogP contribution >= 0.6 is 0 Å². The molecule has 2 fully saturated rings. The number of hydrogen-bond acceptors (Lipinski definition) is 3. The lowest BCUT2D eigenvalue weighted by atomic mass is 9.71. The van der Waals surface area contributed by atoms with Crippen LogP contribution in [0.4, 0.5) is 0 Å². The molecule has 1 saturated carbocycles. The number of hydrogen-bond donors (Lipinski definition) is 2. The second-order valence-electron chi connectivity index (χ2n) is 6.33. The highest BCUT2D eigenvalue weighted by molar-refractivity contribution is 5.81. The molecular formula is C15H28N2O2. The maximum atomic E-state index is 12.3. The minimum absolute atomic E-state index is 0.0843. The summed E-state index contributed by atoms with van der Waals surface area (Å²) in [6.07, 6.45) is 7.84. The van der Waals surface area contributed by atoms with Gasteiger partial charge in [-0.25, -0.2) is 0 Å². The highest BCUT2D eigenvalue weighted by atomic mass is 16.3. The molecular weight excluding hydrogens is 240 g/mol. The highest BCUT2D eigenvalue weighted by Crippen LogP contribution is 2.39. The van der Waals surface area contributed by atoms with Crippen molar-refractivity contribution in [1.29, 1.82) is 0 Å². The number of likely N-dealkylation sites (tertiary alicyclic amines) is 1. The Hall–Kier alpha value is -0.610. The number of rotatable bonds is 4. The lowest BCUT2D eigenvalue weighted by Crippen LogP contribution is -2.57. The van der Waals surface area contributed by atoms with E-state index in [1.165, 1.54) is 6.42 Å². The number of aliphatic hydroxyl groups is 1. The van der Waals surface area contributed by atoms with E-state index in [1.54, 1.807) is 0 Å². The van der Waals surface area contributed by atoms with E-state index in [1.807, 2.05) is 4.90 Å². The zero-order valence-electron chi connectivity index (χ0n) is 12.1. The van der Waals surface area contributed by atoms with Gasteiger partial charge in [0.2, 0.25) is 5.91 Å². The van der Waals surface area contributed by atoms with Gasteiger partial charge in [0, 0.05) is 19.0 Å². The van der Waals surface area contributed by atoms with Gasteiger partial charge in [0.25, 0.3) is 0 Å². The summed E-state index contributed by atoms with van der Waals surface area (Å²) in [5.74, 6) is 0.346. The van der Waals surface area contributed by atoms with Crippen molar-refractivity contribution in [2.45, 2.75) is 69.9 Å². The summed E-state index contributed by atoms with van der Waals surface area (Å²) in [5, 5.41) is 10.6. The number of nitrogens with zero attached hydrogens (tertiary/aromatic N) is 1. The van der Waals surface area contributed by atoms with Crippen molar-refractivity contribution in [3.8, 4) is 0 Å². The maximum Gasteiger partial charge on any atom is 0.239 e. The van der Waals surface area contributed by atoms with Crippen LogP contribution in [0, 0.1) is 5.92 Å². The largest absolute Gasteiger partial charge is 0.389 e. The molecule has 2 rings (SSSR count).